The second kappa shape index (κ2) is 5.97. The average Bonchev–Trinajstić information content (AvgIpc) is 2.19. The SMILES string of the molecule is CCNc1cccc(CC=CC=O)c1. The van der Waals surface area contributed by atoms with Gasteiger partial charge in [-0.3, -0.25) is 4.79 Å². The van der Waals surface area contributed by atoms with Crippen LogP contribution in [0.3, 0.4) is 0 Å². The van der Waals surface area contributed by atoms with Gasteiger partial charge in [0.05, 0.1) is 0 Å². The maximum Gasteiger partial charge on any atom is 0.142 e. The van der Waals surface area contributed by atoms with Crippen molar-refractivity contribution in [1.29, 1.82) is 0 Å². The van der Waals surface area contributed by atoms with Gasteiger partial charge in [-0.05, 0) is 37.1 Å². The first-order valence-electron chi connectivity index (χ1n) is 4.80. The number of hydrogen-bond acceptors (Lipinski definition) is 2. The summed E-state index contributed by atoms with van der Waals surface area (Å²) in [6, 6.07) is 8.20. The van der Waals surface area contributed by atoms with Crippen LogP contribution in [0.2, 0.25) is 0 Å². The highest BCUT2D eigenvalue weighted by atomic mass is 16.1. The van der Waals surface area contributed by atoms with Crippen molar-refractivity contribution in [3.05, 3.63) is 42.0 Å². The number of benzene rings is 1. The Hall–Kier alpha value is -1.57. The number of allylic oxidation sites excluding steroid dienone is 2. The second-order valence-electron chi connectivity index (χ2n) is 3.00. The van der Waals surface area contributed by atoms with Gasteiger partial charge in [0.2, 0.25) is 0 Å². The number of aldehydes is 1. The third-order valence-electron chi connectivity index (χ3n) is 1.88. The Morgan fingerprint density at radius 3 is 3.00 bits per heavy atom. The first-order valence-corrected chi connectivity index (χ1v) is 4.80. The Bertz CT molecular complexity index is 318. The Labute approximate surface area is 84.6 Å². The van der Waals surface area contributed by atoms with Gasteiger partial charge in [0.25, 0.3) is 0 Å². The van der Waals surface area contributed by atoms with Gasteiger partial charge in [0, 0.05) is 12.2 Å². The van der Waals surface area contributed by atoms with E-state index in [4.69, 9.17) is 0 Å². The molecular weight excluding hydrogens is 174 g/mol. The summed E-state index contributed by atoms with van der Waals surface area (Å²) in [5.74, 6) is 0. The van der Waals surface area contributed by atoms with E-state index in [0.717, 1.165) is 24.9 Å². The van der Waals surface area contributed by atoms with Gasteiger partial charge in [-0.2, -0.15) is 0 Å². The Kier molecular flexibility index (Phi) is 4.48. The summed E-state index contributed by atoms with van der Waals surface area (Å²) in [4.78, 5) is 10.1. The van der Waals surface area contributed by atoms with Crippen molar-refractivity contribution in [2.75, 3.05) is 11.9 Å². The van der Waals surface area contributed by atoms with Crippen molar-refractivity contribution in [2.24, 2.45) is 0 Å². The quantitative estimate of drug-likeness (QED) is 0.569. The van der Waals surface area contributed by atoms with E-state index in [1.54, 1.807) is 0 Å². The molecule has 0 aliphatic rings. The minimum atomic E-state index is 0.800. The van der Waals surface area contributed by atoms with Crippen molar-refractivity contribution < 1.29 is 4.79 Å². The fraction of sp³-hybridized carbons (Fsp3) is 0.250. The molecule has 0 spiro atoms. The molecule has 1 rings (SSSR count). The molecule has 0 heterocycles. The van der Waals surface area contributed by atoms with Gasteiger partial charge < -0.3 is 5.32 Å². The molecule has 1 aromatic rings. The molecule has 0 atom stereocenters. The van der Waals surface area contributed by atoms with Crippen LogP contribution in [0.5, 0.6) is 0 Å². The van der Waals surface area contributed by atoms with E-state index >= 15 is 0 Å². The van der Waals surface area contributed by atoms with E-state index < -0.39 is 0 Å². The largest absolute Gasteiger partial charge is 0.385 e. The predicted octanol–water partition coefficient (Wildman–Crippen LogP) is 2.42. The summed E-state index contributed by atoms with van der Waals surface area (Å²) >= 11 is 0. The molecule has 2 heteroatoms. The minimum absolute atomic E-state index is 0.800. The summed E-state index contributed by atoms with van der Waals surface area (Å²) < 4.78 is 0. The zero-order valence-electron chi connectivity index (χ0n) is 8.36. The lowest BCUT2D eigenvalue weighted by atomic mass is 10.1. The van der Waals surface area contributed by atoms with Gasteiger partial charge in [-0.1, -0.05) is 18.2 Å². The minimum Gasteiger partial charge on any atom is -0.385 e. The molecule has 0 radical (unpaired) electrons. The van der Waals surface area contributed by atoms with Gasteiger partial charge in [0.1, 0.15) is 6.29 Å². The molecule has 2 nitrogen and oxygen atoms in total. The van der Waals surface area contributed by atoms with Crippen LogP contribution in [0.1, 0.15) is 12.5 Å². The summed E-state index contributed by atoms with van der Waals surface area (Å²) in [5.41, 5.74) is 2.34. The lowest BCUT2D eigenvalue weighted by Crippen LogP contribution is -1.96. The van der Waals surface area contributed by atoms with Gasteiger partial charge in [-0.25, -0.2) is 0 Å². The van der Waals surface area contributed by atoms with Crippen LogP contribution in [0, 0.1) is 0 Å². The molecule has 0 aliphatic heterocycles. The smallest absolute Gasteiger partial charge is 0.142 e. The van der Waals surface area contributed by atoms with Crippen LogP contribution in [0.25, 0.3) is 0 Å². The van der Waals surface area contributed by atoms with Crippen molar-refractivity contribution in [3.63, 3.8) is 0 Å². The second-order valence-corrected chi connectivity index (χ2v) is 3.00. The van der Waals surface area contributed by atoms with E-state index in [2.05, 4.69) is 24.4 Å². The van der Waals surface area contributed by atoms with E-state index in [1.807, 2.05) is 18.2 Å². The van der Waals surface area contributed by atoms with Crippen molar-refractivity contribution in [2.45, 2.75) is 13.3 Å². The fourth-order valence-corrected chi connectivity index (χ4v) is 1.27. The van der Waals surface area contributed by atoms with Crippen molar-refractivity contribution >= 4 is 12.0 Å². The Morgan fingerprint density at radius 2 is 2.29 bits per heavy atom. The molecule has 0 aliphatic carbocycles. The lowest BCUT2D eigenvalue weighted by Gasteiger charge is -2.04. The highest BCUT2D eigenvalue weighted by Crippen LogP contribution is 2.10. The first-order chi connectivity index (χ1) is 6.86. The summed E-state index contributed by atoms with van der Waals surface area (Å²) in [6.07, 6.45) is 4.99. The number of rotatable bonds is 5. The summed E-state index contributed by atoms with van der Waals surface area (Å²) in [6.45, 7) is 2.99. The first kappa shape index (κ1) is 10.5. The van der Waals surface area contributed by atoms with Crippen LogP contribution in [0.4, 0.5) is 5.69 Å². The normalized spacial score (nSPS) is 10.4. The molecule has 0 saturated carbocycles. The molecule has 0 bridgehead atoms. The molecule has 74 valence electrons. The summed E-state index contributed by atoms with van der Waals surface area (Å²) in [5, 5.41) is 3.24. The van der Waals surface area contributed by atoms with Gasteiger partial charge in [0.15, 0.2) is 0 Å². The zero-order valence-corrected chi connectivity index (χ0v) is 8.36. The zero-order chi connectivity index (χ0) is 10.2. The number of carbonyl (C=O) groups is 1. The van der Waals surface area contributed by atoms with Crippen LogP contribution in [-0.4, -0.2) is 12.8 Å². The van der Waals surface area contributed by atoms with Crippen LogP contribution >= 0.6 is 0 Å². The molecule has 0 amide bonds. The van der Waals surface area contributed by atoms with Crippen molar-refractivity contribution in [3.8, 4) is 0 Å². The third kappa shape index (κ3) is 3.44. The maximum absolute atomic E-state index is 10.1. The lowest BCUT2D eigenvalue weighted by molar-refractivity contribution is -0.104. The molecule has 1 aromatic carbocycles. The number of nitrogens with one attached hydrogen (secondary N) is 1. The van der Waals surface area contributed by atoms with Crippen LogP contribution in [-0.2, 0) is 11.2 Å². The van der Waals surface area contributed by atoms with Crippen LogP contribution in [0.15, 0.2) is 36.4 Å². The van der Waals surface area contributed by atoms with E-state index in [9.17, 15) is 4.79 Å². The average molecular weight is 189 g/mol. The topological polar surface area (TPSA) is 29.1 Å². The fourth-order valence-electron chi connectivity index (χ4n) is 1.27. The van der Waals surface area contributed by atoms with Crippen LogP contribution < -0.4 is 5.32 Å². The van der Waals surface area contributed by atoms with E-state index in [0.29, 0.717) is 0 Å². The van der Waals surface area contributed by atoms with E-state index in [1.165, 1.54) is 11.6 Å². The molecular formula is C12H15NO. The Balaban J connectivity index is 2.63. The van der Waals surface area contributed by atoms with Gasteiger partial charge in [-0.15, -0.1) is 0 Å². The molecule has 14 heavy (non-hydrogen) atoms. The van der Waals surface area contributed by atoms with E-state index in [-0.39, 0.29) is 0 Å². The highest BCUT2D eigenvalue weighted by Gasteiger charge is 1.92. The van der Waals surface area contributed by atoms with Crippen molar-refractivity contribution in [1.82, 2.24) is 0 Å². The molecule has 0 aromatic heterocycles. The number of anilines is 1. The number of carbonyl (C=O) groups excluding carboxylic acids is 1. The molecule has 0 saturated heterocycles. The predicted molar refractivity (Wildman–Crippen MR) is 59.5 cm³/mol. The highest BCUT2D eigenvalue weighted by molar-refractivity contribution is 5.64. The maximum atomic E-state index is 10.1. The Morgan fingerprint density at radius 1 is 1.43 bits per heavy atom. The molecule has 0 unspecified atom stereocenters. The molecule has 0 fully saturated rings. The molecule has 1 N–H and O–H groups in total. The third-order valence-corrected chi connectivity index (χ3v) is 1.88. The summed E-state index contributed by atoms with van der Waals surface area (Å²) in [7, 11) is 0. The standard InChI is InChI=1S/C12H15NO/c1-2-13-12-8-5-7-11(10-12)6-3-4-9-14/h3-5,7-10,13H,2,6H2,1H3. The number of hydrogen-bond donors (Lipinski definition) is 1. The van der Waals surface area contributed by atoms with Gasteiger partial charge >= 0.3 is 0 Å². The monoisotopic (exact) mass is 189 g/mol.